The van der Waals surface area contributed by atoms with E-state index in [1.54, 1.807) is 31.2 Å². The van der Waals surface area contributed by atoms with Gasteiger partial charge in [0.15, 0.2) is 22.7 Å². The minimum absolute atomic E-state index is 0.0463. The van der Waals surface area contributed by atoms with Crippen LogP contribution in [0, 0.1) is 11.6 Å². The number of fused-ring (bicyclic) bond motifs is 3. The van der Waals surface area contributed by atoms with Gasteiger partial charge in [0.25, 0.3) is 0 Å². The lowest BCUT2D eigenvalue weighted by Crippen LogP contribution is -1.99. The van der Waals surface area contributed by atoms with Crippen molar-refractivity contribution in [2.24, 2.45) is 0 Å². The number of aliphatic hydroxyl groups is 1. The summed E-state index contributed by atoms with van der Waals surface area (Å²) in [5.74, 6) is -1.25. The number of halogens is 2. The van der Waals surface area contributed by atoms with E-state index in [-0.39, 0.29) is 22.5 Å². The molecule has 0 saturated carbocycles. The minimum atomic E-state index is -0.984. The van der Waals surface area contributed by atoms with E-state index in [0.29, 0.717) is 23.8 Å². The quantitative estimate of drug-likeness (QED) is 0.648. The largest absolute Gasteiger partial charge is 0.491 e. The number of ether oxygens (including phenoxy) is 1. The Bertz CT molecular complexity index is 912. The fourth-order valence-corrected chi connectivity index (χ4v) is 2.75. The lowest BCUT2D eigenvalue weighted by molar-refractivity contribution is 0.176. The Labute approximate surface area is 138 Å². The Hall–Kier alpha value is -2.40. The number of hydrogen-bond acceptors (Lipinski definition) is 3. The van der Waals surface area contributed by atoms with E-state index in [1.165, 1.54) is 12.1 Å². The van der Waals surface area contributed by atoms with Crippen LogP contribution in [-0.2, 0) is 0 Å². The zero-order chi connectivity index (χ0) is 17.3. The summed E-state index contributed by atoms with van der Waals surface area (Å²) in [6.45, 7) is 3.89. The van der Waals surface area contributed by atoms with Crippen molar-refractivity contribution in [2.75, 3.05) is 6.61 Å². The standard InChI is InChI=1S/C19H18F2O3/c1-3-5-6-14(22)13-8-7-11-12-9-10-15(23-4-2)17(21)19(12)24-18(11)16(13)20/h3,5,7-10,14,22H,4,6H2,1-2H3/b5-3+/t14-/m0/s1. The van der Waals surface area contributed by atoms with E-state index < -0.39 is 17.7 Å². The zero-order valence-electron chi connectivity index (χ0n) is 13.5. The molecule has 0 aliphatic heterocycles. The van der Waals surface area contributed by atoms with Crippen molar-refractivity contribution < 1.29 is 23.0 Å². The first-order valence-electron chi connectivity index (χ1n) is 7.83. The van der Waals surface area contributed by atoms with Crippen LogP contribution in [0.3, 0.4) is 0 Å². The van der Waals surface area contributed by atoms with Crippen LogP contribution in [0.1, 0.15) is 31.9 Å². The predicted octanol–water partition coefficient (Wildman–Crippen LogP) is 5.26. The van der Waals surface area contributed by atoms with Gasteiger partial charge in [0.2, 0.25) is 5.82 Å². The van der Waals surface area contributed by atoms with Gasteiger partial charge in [-0.2, -0.15) is 4.39 Å². The van der Waals surface area contributed by atoms with E-state index in [1.807, 2.05) is 6.92 Å². The topological polar surface area (TPSA) is 42.6 Å². The molecular weight excluding hydrogens is 314 g/mol. The van der Waals surface area contributed by atoms with E-state index in [9.17, 15) is 13.9 Å². The van der Waals surface area contributed by atoms with Gasteiger partial charge in [-0.1, -0.05) is 18.2 Å². The summed E-state index contributed by atoms with van der Waals surface area (Å²) in [6, 6.07) is 6.29. The van der Waals surface area contributed by atoms with Gasteiger partial charge in [0.05, 0.1) is 12.7 Å². The van der Waals surface area contributed by atoms with Gasteiger partial charge in [0, 0.05) is 16.3 Å². The van der Waals surface area contributed by atoms with Gasteiger partial charge < -0.3 is 14.3 Å². The lowest BCUT2D eigenvalue weighted by atomic mass is 10.0. The van der Waals surface area contributed by atoms with Crippen LogP contribution in [0.15, 0.2) is 40.8 Å². The van der Waals surface area contributed by atoms with Crippen LogP contribution in [0.5, 0.6) is 5.75 Å². The zero-order valence-corrected chi connectivity index (χ0v) is 13.5. The third kappa shape index (κ3) is 2.65. The van der Waals surface area contributed by atoms with Crippen LogP contribution < -0.4 is 4.74 Å². The molecule has 2 aromatic carbocycles. The molecule has 1 atom stereocenters. The van der Waals surface area contributed by atoms with Crippen LogP contribution in [0.25, 0.3) is 21.9 Å². The van der Waals surface area contributed by atoms with E-state index in [4.69, 9.17) is 9.15 Å². The first-order valence-corrected chi connectivity index (χ1v) is 7.83. The monoisotopic (exact) mass is 332 g/mol. The SMILES string of the molecule is C/C=C/C[C@H](O)c1ccc2c(oc3c(F)c(OCC)ccc32)c1F. The maximum absolute atomic E-state index is 14.7. The Morgan fingerprint density at radius 2 is 1.79 bits per heavy atom. The molecule has 1 heterocycles. The van der Waals surface area contributed by atoms with Crippen molar-refractivity contribution in [3.8, 4) is 5.75 Å². The highest BCUT2D eigenvalue weighted by Crippen LogP contribution is 2.37. The van der Waals surface area contributed by atoms with E-state index in [0.717, 1.165) is 0 Å². The number of furan rings is 1. The highest BCUT2D eigenvalue weighted by Gasteiger charge is 2.21. The number of benzene rings is 2. The summed E-state index contributed by atoms with van der Waals surface area (Å²) in [4.78, 5) is 0. The molecule has 0 amide bonds. The molecule has 1 N–H and O–H groups in total. The molecule has 3 rings (SSSR count). The fraction of sp³-hybridized carbons (Fsp3) is 0.263. The van der Waals surface area contributed by atoms with Gasteiger partial charge >= 0.3 is 0 Å². The normalized spacial score (nSPS) is 13.2. The number of aliphatic hydroxyl groups excluding tert-OH is 1. The molecule has 0 saturated heterocycles. The maximum Gasteiger partial charge on any atom is 0.208 e. The molecule has 0 aliphatic carbocycles. The summed E-state index contributed by atoms with van der Waals surface area (Å²) < 4.78 is 39.8. The Morgan fingerprint density at radius 3 is 2.46 bits per heavy atom. The Morgan fingerprint density at radius 1 is 1.12 bits per heavy atom. The second kappa shape index (κ2) is 6.61. The minimum Gasteiger partial charge on any atom is -0.491 e. The molecule has 3 nitrogen and oxygen atoms in total. The van der Waals surface area contributed by atoms with Crippen molar-refractivity contribution in [2.45, 2.75) is 26.4 Å². The number of allylic oxidation sites excluding steroid dienone is 1. The van der Waals surface area contributed by atoms with E-state index >= 15 is 0 Å². The summed E-state index contributed by atoms with van der Waals surface area (Å²) in [6.07, 6.45) is 2.84. The summed E-state index contributed by atoms with van der Waals surface area (Å²) in [5.41, 5.74) is 0.0228. The highest BCUT2D eigenvalue weighted by molar-refractivity contribution is 6.05. The second-order valence-corrected chi connectivity index (χ2v) is 5.46. The second-order valence-electron chi connectivity index (χ2n) is 5.46. The molecule has 0 bridgehead atoms. The molecule has 0 unspecified atom stereocenters. The molecule has 0 fully saturated rings. The first-order chi connectivity index (χ1) is 11.6. The molecule has 0 aliphatic rings. The van der Waals surface area contributed by atoms with E-state index in [2.05, 4.69) is 0 Å². The van der Waals surface area contributed by atoms with Crippen molar-refractivity contribution in [1.29, 1.82) is 0 Å². The van der Waals surface area contributed by atoms with Crippen molar-refractivity contribution in [1.82, 2.24) is 0 Å². The summed E-state index contributed by atoms with van der Waals surface area (Å²) in [7, 11) is 0. The van der Waals surface area contributed by atoms with Crippen molar-refractivity contribution in [3.63, 3.8) is 0 Å². The third-order valence-electron chi connectivity index (χ3n) is 3.94. The lowest BCUT2D eigenvalue weighted by Gasteiger charge is -2.09. The molecule has 126 valence electrons. The maximum atomic E-state index is 14.7. The molecule has 3 aromatic rings. The molecule has 0 spiro atoms. The van der Waals surface area contributed by atoms with Gasteiger partial charge in [-0.15, -0.1) is 0 Å². The molecule has 5 heteroatoms. The first kappa shape index (κ1) is 16.5. The highest BCUT2D eigenvalue weighted by atomic mass is 19.1. The van der Waals surface area contributed by atoms with Crippen molar-refractivity contribution in [3.05, 3.63) is 53.6 Å². The molecule has 0 radical (unpaired) electrons. The van der Waals surface area contributed by atoms with Crippen LogP contribution in [0.4, 0.5) is 8.78 Å². The van der Waals surface area contributed by atoms with Gasteiger partial charge in [-0.05, 0) is 38.5 Å². The number of hydrogen-bond donors (Lipinski definition) is 1. The predicted molar refractivity (Wildman–Crippen MR) is 89.2 cm³/mol. The smallest absolute Gasteiger partial charge is 0.208 e. The van der Waals surface area contributed by atoms with Gasteiger partial charge in [-0.25, -0.2) is 4.39 Å². The molecule has 1 aromatic heterocycles. The summed E-state index contributed by atoms with van der Waals surface area (Å²) >= 11 is 0. The van der Waals surface area contributed by atoms with Gasteiger partial charge in [0.1, 0.15) is 0 Å². The van der Waals surface area contributed by atoms with Gasteiger partial charge in [-0.3, -0.25) is 0 Å². The Balaban J connectivity index is 2.18. The Kier molecular flexibility index (Phi) is 4.53. The molecular formula is C19H18F2O3. The fourth-order valence-electron chi connectivity index (χ4n) is 2.75. The average Bonchev–Trinajstić information content (AvgIpc) is 2.96. The molecule has 24 heavy (non-hydrogen) atoms. The number of rotatable bonds is 5. The summed E-state index contributed by atoms with van der Waals surface area (Å²) in [5, 5.41) is 11.0. The average molecular weight is 332 g/mol. The van der Waals surface area contributed by atoms with Crippen LogP contribution in [0.2, 0.25) is 0 Å². The van der Waals surface area contributed by atoms with Crippen molar-refractivity contribution >= 4 is 21.9 Å². The van der Waals surface area contributed by atoms with Crippen LogP contribution >= 0.6 is 0 Å². The van der Waals surface area contributed by atoms with Crippen LogP contribution in [-0.4, -0.2) is 11.7 Å². The third-order valence-corrected chi connectivity index (χ3v) is 3.94.